The topological polar surface area (TPSA) is 131 Å². The van der Waals surface area contributed by atoms with Crippen LogP contribution in [0.15, 0.2) is 97.1 Å². The Bertz CT molecular complexity index is 1380. The first-order chi connectivity index (χ1) is 18.7. The van der Waals surface area contributed by atoms with Gasteiger partial charge in [0, 0.05) is 23.9 Å². The van der Waals surface area contributed by atoms with E-state index in [0.717, 1.165) is 5.56 Å². The van der Waals surface area contributed by atoms with Crippen LogP contribution in [-0.4, -0.2) is 30.1 Å². The number of Topliss-reactive ketones (excluding diaryl/α,β-unsaturated/α-hetero) is 1. The molecule has 7 nitrogen and oxygen atoms in total. The van der Waals surface area contributed by atoms with Crippen LogP contribution in [0.2, 0.25) is 0 Å². The molecule has 1 aliphatic rings. The zero-order valence-corrected chi connectivity index (χ0v) is 22.3. The number of hydrogen-bond donors (Lipinski definition) is 3. The molecule has 5 N–H and O–H groups in total. The molecule has 0 bridgehead atoms. The van der Waals surface area contributed by atoms with E-state index < -0.39 is 22.6 Å². The molecular formula is C32H34N4O3. The number of rotatable bonds is 8. The molecule has 39 heavy (non-hydrogen) atoms. The zero-order chi connectivity index (χ0) is 28.1. The van der Waals surface area contributed by atoms with Crippen molar-refractivity contribution in [2.75, 3.05) is 11.9 Å². The standard InChI is InChI=1S/C32H34N4O3/c1-3-39-29-30(23(2)37,25-13-8-5-9-14-25)20-21-32(34,35)31(29,19-10-22-33)26-15-17-27(18-16-26)36-28(38)24-11-6-4-7-12-24/h4-19,29H,3,20-21,34-35H2,1-2H3,(H,36,38). The number of amides is 1. The first kappa shape index (κ1) is 27.9. The zero-order valence-electron chi connectivity index (χ0n) is 22.3. The highest BCUT2D eigenvalue weighted by atomic mass is 16.5. The first-order valence-electron chi connectivity index (χ1n) is 13.0. The Morgan fingerprint density at radius 1 is 0.974 bits per heavy atom. The van der Waals surface area contributed by atoms with Crippen LogP contribution >= 0.6 is 0 Å². The molecule has 0 heterocycles. The number of hydrogen-bond acceptors (Lipinski definition) is 6. The third-order valence-corrected chi connectivity index (χ3v) is 7.89. The fourth-order valence-corrected chi connectivity index (χ4v) is 5.96. The average molecular weight is 523 g/mol. The Morgan fingerprint density at radius 3 is 2.15 bits per heavy atom. The van der Waals surface area contributed by atoms with Crippen LogP contribution in [-0.2, 0) is 20.4 Å². The van der Waals surface area contributed by atoms with Crippen molar-refractivity contribution in [3.05, 3.63) is 114 Å². The van der Waals surface area contributed by atoms with Gasteiger partial charge in [-0.05, 0) is 62.1 Å². The van der Waals surface area contributed by atoms with Crippen molar-refractivity contribution < 1.29 is 14.3 Å². The van der Waals surface area contributed by atoms with Gasteiger partial charge >= 0.3 is 0 Å². The predicted octanol–water partition coefficient (Wildman–Crippen LogP) is 4.60. The number of nitrogens with one attached hydrogen (secondary N) is 1. The molecule has 0 radical (unpaired) electrons. The van der Waals surface area contributed by atoms with Gasteiger partial charge in [-0.3, -0.25) is 9.59 Å². The Labute approximate surface area is 229 Å². The van der Waals surface area contributed by atoms with E-state index in [9.17, 15) is 14.9 Å². The van der Waals surface area contributed by atoms with Crippen molar-refractivity contribution in [3.63, 3.8) is 0 Å². The minimum absolute atomic E-state index is 0.0656. The highest BCUT2D eigenvalue weighted by molar-refractivity contribution is 6.04. The van der Waals surface area contributed by atoms with Gasteiger partial charge in [0.1, 0.15) is 5.78 Å². The summed E-state index contributed by atoms with van der Waals surface area (Å²) in [5.41, 5.74) is 12.7. The van der Waals surface area contributed by atoms with Crippen LogP contribution in [0.5, 0.6) is 0 Å². The third kappa shape index (κ3) is 4.90. The minimum Gasteiger partial charge on any atom is -0.376 e. The van der Waals surface area contributed by atoms with Crippen molar-refractivity contribution in [2.45, 2.75) is 49.3 Å². The Hall–Kier alpha value is -4.09. The van der Waals surface area contributed by atoms with Crippen molar-refractivity contribution in [1.29, 1.82) is 5.26 Å². The number of nitriles is 1. The molecule has 0 spiro atoms. The fourth-order valence-electron chi connectivity index (χ4n) is 5.96. The van der Waals surface area contributed by atoms with Gasteiger partial charge < -0.3 is 21.5 Å². The number of allylic oxidation sites excluding steroid dienone is 1. The summed E-state index contributed by atoms with van der Waals surface area (Å²) in [7, 11) is 0. The van der Waals surface area contributed by atoms with Crippen LogP contribution < -0.4 is 16.8 Å². The van der Waals surface area contributed by atoms with Crippen molar-refractivity contribution >= 4 is 17.4 Å². The van der Waals surface area contributed by atoms with Gasteiger partial charge in [-0.2, -0.15) is 5.26 Å². The van der Waals surface area contributed by atoms with E-state index in [0.29, 0.717) is 36.3 Å². The molecule has 3 aromatic carbocycles. The van der Waals surface area contributed by atoms with E-state index in [4.69, 9.17) is 16.2 Å². The minimum atomic E-state index is -1.36. The largest absolute Gasteiger partial charge is 0.376 e. The van der Waals surface area contributed by atoms with E-state index in [1.807, 2.05) is 55.5 Å². The molecule has 1 aliphatic carbocycles. The summed E-state index contributed by atoms with van der Waals surface area (Å²) in [6.45, 7) is 3.73. The van der Waals surface area contributed by atoms with Gasteiger partial charge in [0.25, 0.3) is 5.91 Å². The van der Waals surface area contributed by atoms with Gasteiger partial charge in [-0.1, -0.05) is 66.7 Å². The second-order valence-corrected chi connectivity index (χ2v) is 10.00. The maximum absolute atomic E-state index is 13.6. The fraction of sp³-hybridized carbons (Fsp3) is 0.281. The Morgan fingerprint density at radius 2 is 1.59 bits per heavy atom. The highest BCUT2D eigenvalue weighted by Gasteiger charge is 2.65. The number of carbonyl (C=O) groups is 2. The first-order valence-corrected chi connectivity index (χ1v) is 13.0. The predicted molar refractivity (Wildman–Crippen MR) is 152 cm³/mol. The number of anilines is 1. The maximum Gasteiger partial charge on any atom is 0.255 e. The smallest absolute Gasteiger partial charge is 0.255 e. The molecule has 1 fully saturated rings. The number of nitrogens with two attached hydrogens (primary N) is 2. The van der Waals surface area contributed by atoms with Gasteiger partial charge in [0.05, 0.1) is 28.7 Å². The summed E-state index contributed by atoms with van der Waals surface area (Å²) in [4.78, 5) is 26.3. The number of ether oxygens (including phenoxy) is 1. The average Bonchev–Trinajstić information content (AvgIpc) is 2.94. The van der Waals surface area contributed by atoms with Gasteiger partial charge in [-0.25, -0.2) is 0 Å². The molecular weight excluding hydrogens is 488 g/mol. The number of benzene rings is 3. The Kier molecular flexibility index (Phi) is 8.12. The quantitative estimate of drug-likeness (QED) is 0.293. The molecule has 200 valence electrons. The van der Waals surface area contributed by atoms with Crippen LogP contribution in [0.25, 0.3) is 0 Å². The third-order valence-electron chi connectivity index (χ3n) is 7.89. The summed E-state index contributed by atoms with van der Waals surface area (Å²) < 4.78 is 6.46. The lowest BCUT2D eigenvalue weighted by Gasteiger charge is -2.59. The van der Waals surface area contributed by atoms with E-state index in [-0.39, 0.29) is 11.7 Å². The van der Waals surface area contributed by atoms with E-state index in [2.05, 4.69) is 11.4 Å². The van der Waals surface area contributed by atoms with Gasteiger partial charge in [-0.15, -0.1) is 0 Å². The summed E-state index contributed by atoms with van der Waals surface area (Å²) >= 11 is 0. The van der Waals surface area contributed by atoms with E-state index in [1.165, 1.54) is 6.08 Å². The number of carbonyl (C=O) groups excluding carboxylic acids is 2. The number of nitrogens with zero attached hydrogens (tertiary/aromatic N) is 1. The lowest BCUT2D eigenvalue weighted by Crippen LogP contribution is -2.76. The number of ketones is 1. The molecule has 1 saturated carbocycles. The summed E-state index contributed by atoms with van der Waals surface area (Å²) in [5, 5.41) is 12.5. The van der Waals surface area contributed by atoms with E-state index >= 15 is 0 Å². The molecule has 0 aliphatic heterocycles. The summed E-state index contributed by atoms with van der Waals surface area (Å²) in [6.07, 6.45) is 2.91. The lowest BCUT2D eigenvalue weighted by molar-refractivity contribution is -0.141. The second kappa shape index (κ2) is 11.3. The Balaban J connectivity index is 1.88. The van der Waals surface area contributed by atoms with Gasteiger partial charge in [0.15, 0.2) is 0 Å². The molecule has 0 aromatic heterocycles. The molecule has 0 saturated heterocycles. The molecule has 3 atom stereocenters. The molecule has 3 unspecified atom stereocenters. The maximum atomic E-state index is 13.6. The van der Waals surface area contributed by atoms with Crippen LogP contribution in [0, 0.1) is 11.3 Å². The lowest BCUT2D eigenvalue weighted by atomic mass is 9.50. The highest BCUT2D eigenvalue weighted by Crippen LogP contribution is 2.54. The van der Waals surface area contributed by atoms with Crippen molar-refractivity contribution in [2.24, 2.45) is 11.5 Å². The van der Waals surface area contributed by atoms with Crippen molar-refractivity contribution in [3.8, 4) is 6.07 Å². The monoisotopic (exact) mass is 522 g/mol. The summed E-state index contributed by atoms with van der Waals surface area (Å²) in [6, 6.07) is 27.7. The van der Waals surface area contributed by atoms with Crippen LogP contribution in [0.1, 0.15) is 48.2 Å². The normalized spacial score (nSPS) is 24.1. The van der Waals surface area contributed by atoms with Crippen LogP contribution in [0.3, 0.4) is 0 Å². The van der Waals surface area contributed by atoms with E-state index in [1.54, 1.807) is 49.4 Å². The molecule has 4 rings (SSSR count). The van der Waals surface area contributed by atoms with Crippen LogP contribution in [0.4, 0.5) is 5.69 Å². The molecule has 7 heteroatoms. The van der Waals surface area contributed by atoms with Gasteiger partial charge in [0.2, 0.25) is 0 Å². The molecule has 3 aromatic rings. The SMILES string of the molecule is CCOC1C(C(C)=O)(c2ccccc2)CCC(N)(N)C1(C=CC#N)c1ccc(NC(=O)c2ccccc2)cc1. The second-order valence-electron chi connectivity index (χ2n) is 10.00. The summed E-state index contributed by atoms with van der Waals surface area (Å²) in [5.74, 6) is -0.303. The molecule has 1 amide bonds. The van der Waals surface area contributed by atoms with Crippen molar-refractivity contribution in [1.82, 2.24) is 0 Å².